The largest absolute Gasteiger partial charge is 0.358 e. The first kappa shape index (κ1) is 15.3. The van der Waals surface area contributed by atoms with Crippen molar-refractivity contribution in [1.82, 2.24) is 10.7 Å². The van der Waals surface area contributed by atoms with Gasteiger partial charge in [0.2, 0.25) is 0 Å². The van der Waals surface area contributed by atoms with E-state index in [0.29, 0.717) is 17.1 Å². The number of nitrogens with zero attached hydrogens (tertiary/aromatic N) is 2. The van der Waals surface area contributed by atoms with Crippen LogP contribution in [0.1, 0.15) is 39.0 Å². The normalized spacial score (nSPS) is 26.8. The average molecular weight is 316 g/mol. The summed E-state index contributed by atoms with van der Waals surface area (Å²) in [5.74, 6) is 1.63. The van der Waals surface area contributed by atoms with Crippen LogP contribution < -0.4 is 15.8 Å². The molecule has 2 N–H and O–H groups in total. The molecule has 4 nitrogen and oxygen atoms in total. The quantitative estimate of drug-likeness (QED) is 0.822. The van der Waals surface area contributed by atoms with E-state index < -0.39 is 0 Å². The fraction of sp³-hybridized carbons (Fsp3) is 0.529. The minimum atomic E-state index is 0.484. The Hall–Kier alpha value is -1.62. The molecule has 2 atom stereocenters. The predicted molar refractivity (Wildman–Crippen MR) is 96.1 cm³/mol. The number of anilines is 1. The van der Waals surface area contributed by atoms with Crippen molar-refractivity contribution in [2.45, 2.75) is 45.1 Å². The third kappa shape index (κ3) is 3.77. The van der Waals surface area contributed by atoms with Crippen LogP contribution in [0.4, 0.5) is 5.69 Å². The minimum Gasteiger partial charge on any atom is -0.358 e. The Morgan fingerprint density at radius 1 is 1.27 bits per heavy atom. The molecule has 3 rings (SSSR count). The van der Waals surface area contributed by atoms with Gasteiger partial charge in [-0.05, 0) is 43.1 Å². The molecular weight excluding hydrogens is 292 g/mol. The van der Waals surface area contributed by atoms with Crippen LogP contribution in [0.3, 0.4) is 0 Å². The van der Waals surface area contributed by atoms with Gasteiger partial charge in [-0.25, -0.2) is 4.99 Å². The Bertz CT molecular complexity index is 543. The van der Waals surface area contributed by atoms with E-state index in [1.807, 2.05) is 18.2 Å². The number of hydrazine groups is 1. The summed E-state index contributed by atoms with van der Waals surface area (Å²) < 4.78 is 0. The lowest BCUT2D eigenvalue weighted by Gasteiger charge is -2.29. The third-order valence-corrected chi connectivity index (χ3v) is 4.77. The molecule has 5 heteroatoms. The van der Waals surface area contributed by atoms with E-state index in [1.54, 1.807) is 0 Å². The molecule has 1 aromatic rings. The van der Waals surface area contributed by atoms with E-state index in [4.69, 9.17) is 12.2 Å². The zero-order chi connectivity index (χ0) is 15.4. The zero-order valence-electron chi connectivity index (χ0n) is 13.1. The third-order valence-electron chi connectivity index (χ3n) is 4.56. The van der Waals surface area contributed by atoms with Crippen LogP contribution in [-0.4, -0.2) is 23.5 Å². The summed E-state index contributed by atoms with van der Waals surface area (Å²) in [5.41, 5.74) is 4.50. The summed E-state index contributed by atoms with van der Waals surface area (Å²) in [7, 11) is 0. The monoisotopic (exact) mass is 316 g/mol. The lowest BCUT2D eigenvalue weighted by molar-refractivity contribution is 0.309. The van der Waals surface area contributed by atoms with Crippen molar-refractivity contribution in [3.05, 3.63) is 30.3 Å². The van der Waals surface area contributed by atoms with E-state index >= 15 is 0 Å². The van der Waals surface area contributed by atoms with Crippen molar-refractivity contribution < 1.29 is 0 Å². The summed E-state index contributed by atoms with van der Waals surface area (Å²) >= 11 is 5.42. The number of nitrogens with one attached hydrogen (secondary N) is 2. The molecular formula is C17H24N4S. The molecule has 1 heterocycles. The van der Waals surface area contributed by atoms with Gasteiger partial charge in [-0.1, -0.05) is 38.0 Å². The number of hydrogen-bond acceptors (Lipinski definition) is 2. The standard InChI is InChI=1S/C17H24N4S/c1-13-7-5-6-10-15(13)18-17(22)19-16-11-12-21(20-16)14-8-3-2-4-9-14/h2-4,8-9,13,15H,5-7,10-12H2,1H3,(H2,18,19,20,22)/t13-,15+/m0/s1. The second-order valence-corrected chi connectivity index (χ2v) is 6.61. The SMILES string of the molecule is C[C@H]1CCCC[C@H]1NC(=S)/N=C1/CCN(c2ccccc2)N1. The first-order valence-electron chi connectivity index (χ1n) is 8.19. The van der Waals surface area contributed by atoms with Crippen molar-refractivity contribution >= 4 is 28.9 Å². The van der Waals surface area contributed by atoms with Gasteiger partial charge < -0.3 is 5.32 Å². The van der Waals surface area contributed by atoms with Crippen LogP contribution in [0.5, 0.6) is 0 Å². The van der Waals surface area contributed by atoms with E-state index in [-0.39, 0.29) is 0 Å². The van der Waals surface area contributed by atoms with Crippen molar-refractivity contribution in [2.75, 3.05) is 11.6 Å². The molecule has 1 aliphatic heterocycles. The van der Waals surface area contributed by atoms with Gasteiger partial charge in [0, 0.05) is 19.0 Å². The highest BCUT2D eigenvalue weighted by Gasteiger charge is 2.22. The molecule has 1 aromatic carbocycles. The van der Waals surface area contributed by atoms with E-state index in [0.717, 1.165) is 24.5 Å². The number of amidine groups is 1. The highest BCUT2D eigenvalue weighted by Crippen LogP contribution is 2.23. The zero-order valence-corrected chi connectivity index (χ0v) is 13.9. The molecule has 0 unspecified atom stereocenters. The Kier molecular flexibility index (Phi) is 4.93. The second-order valence-electron chi connectivity index (χ2n) is 6.23. The van der Waals surface area contributed by atoms with E-state index in [1.165, 1.54) is 25.7 Å². The Balaban J connectivity index is 1.55. The molecule has 2 aliphatic rings. The minimum absolute atomic E-state index is 0.484. The average Bonchev–Trinajstić information content (AvgIpc) is 2.99. The first-order valence-corrected chi connectivity index (χ1v) is 8.60. The van der Waals surface area contributed by atoms with Gasteiger partial charge in [-0.15, -0.1) is 0 Å². The maximum absolute atomic E-state index is 5.42. The Morgan fingerprint density at radius 2 is 2.05 bits per heavy atom. The molecule has 0 amide bonds. The first-order chi connectivity index (χ1) is 10.7. The van der Waals surface area contributed by atoms with E-state index in [9.17, 15) is 0 Å². The Labute approximate surface area is 138 Å². The number of hydrogen-bond donors (Lipinski definition) is 2. The fourth-order valence-electron chi connectivity index (χ4n) is 3.21. The molecule has 2 fully saturated rings. The molecule has 0 bridgehead atoms. The molecule has 1 saturated carbocycles. The number of thiocarbonyl (C=S) groups is 1. The summed E-state index contributed by atoms with van der Waals surface area (Å²) in [6, 6.07) is 10.8. The maximum atomic E-state index is 5.42. The van der Waals surface area contributed by atoms with Crippen molar-refractivity contribution in [1.29, 1.82) is 0 Å². The van der Waals surface area contributed by atoms with Crippen molar-refractivity contribution in [3.63, 3.8) is 0 Å². The summed E-state index contributed by atoms with van der Waals surface area (Å²) in [6.07, 6.45) is 6.03. The lowest BCUT2D eigenvalue weighted by Crippen LogP contribution is -2.40. The van der Waals surface area contributed by atoms with Crippen LogP contribution in [0.25, 0.3) is 0 Å². The molecule has 0 radical (unpaired) electrons. The van der Waals surface area contributed by atoms with Crippen LogP contribution >= 0.6 is 12.2 Å². The number of aliphatic imine (C=N–C) groups is 1. The highest BCUT2D eigenvalue weighted by atomic mass is 32.1. The van der Waals surface area contributed by atoms with Crippen molar-refractivity contribution in [3.8, 4) is 0 Å². The second kappa shape index (κ2) is 7.09. The molecule has 118 valence electrons. The number of rotatable bonds is 2. The Morgan fingerprint density at radius 3 is 2.82 bits per heavy atom. The van der Waals surface area contributed by atoms with Gasteiger partial charge >= 0.3 is 0 Å². The molecule has 22 heavy (non-hydrogen) atoms. The fourth-order valence-corrected chi connectivity index (χ4v) is 3.47. The molecule has 0 spiro atoms. The van der Waals surface area contributed by atoms with Crippen LogP contribution in [-0.2, 0) is 0 Å². The smallest absolute Gasteiger partial charge is 0.194 e. The summed E-state index contributed by atoms with van der Waals surface area (Å²) in [4.78, 5) is 4.56. The number of benzene rings is 1. The van der Waals surface area contributed by atoms with Crippen molar-refractivity contribution in [2.24, 2.45) is 10.9 Å². The maximum Gasteiger partial charge on any atom is 0.194 e. The lowest BCUT2D eigenvalue weighted by atomic mass is 9.86. The van der Waals surface area contributed by atoms with Gasteiger partial charge in [0.1, 0.15) is 5.84 Å². The van der Waals surface area contributed by atoms with E-state index in [2.05, 4.69) is 39.8 Å². The van der Waals surface area contributed by atoms with Crippen LogP contribution in [0, 0.1) is 5.92 Å². The van der Waals surface area contributed by atoms with Gasteiger partial charge in [0.05, 0.1) is 5.69 Å². The van der Waals surface area contributed by atoms with Gasteiger partial charge in [-0.2, -0.15) is 0 Å². The highest BCUT2D eigenvalue weighted by molar-refractivity contribution is 7.80. The predicted octanol–water partition coefficient (Wildman–Crippen LogP) is 3.25. The van der Waals surface area contributed by atoms with Gasteiger partial charge in [0.15, 0.2) is 5.11 Å². The number of para-hydroxylation sites is 1. The van der Waals surface area contributed by atoms with Crippen LogP contribution in [0.2, 0.25) is 0 Å². The topological polar surface area (TPSA) is 39.7 Å². The summed E-state index contributed by atoms with van der Waals surface area (Å²) in [5, 5.41) is 6.17. The molecule has 1 aliphatic carbocycles. The van der Waals surface area contributed by atoms with Gasteiger partial charge in [-0.3, -0.25) is 10.4 Å². The molecule has 1 saturated heterocycles. The van der Waals surface area contributed by atoms with Crippen LogP contribution in [0.15, 0.2) is 35.3 Å². The summed E-state index contributed by atoms with van der Waals surface area (Å²) in [6.45, 7) is 3.23. The van der Waals surface area contributed by atoms with Gasteiger partial charge in [0.25, 0.3) is 0 Å². The molecule has 0 aromatic heterocycles.